The summed E-state index contributed by atoms with van der Waals surface area (Å²) in [6, 6.07) is 3.86. The van der Waals surface area contributed by atoms with E-state index in [-0.39, 0.29) is 5.92 Å². The van der Waals surface area contributed by atoms with Gasteiger partial charge in [0.25, 0.3) is 0 Å². The molecule has 18 heavy (non-hydrogen) atoms. The highest BCUT2D eigenvalue weighted by molar-refractivity contribution is 5.46. The van der Waals surface area contributed by atoms with Crippen LogP contribution in [0, 0.1) is 19.8 Å². The van der Waals surface area contributed by atoms with Gasteiger partial charge in [-0.25, -0.2) is 4.39 Å². The van der Waals surface area contributed by atoms with Gasteiger partial charge in [-0.05, 0) is 44.4 Å². The molecule has 1 aliphatic heterocycles. The summed E-state index contributed by atoms with van der Waals surface area (Å²) >= 11 is 0. The topological polar surface area (TPSA) is 21.3 Å². The van der Waals surface area contributed by atoms with Crippen molar-refractivity contribution in [3.8, 4) is 5.75 Å². The van der Waals surface area contributed by atoms with Crippen LogP contribution in [0.1, 0.15) is 35.7 Å². The van der Waals surface area contributed by atoms with Gasteiger partial charge in [-0.2, -0.15) is 0 Å². The average molecular weight is 251 g/mol. The number of hydrogen-bond donors (Lipinski definition) is 1. The number of hydrogen-bond acceptors (Lipinski definition) is 2. The molecule has 1 aliphatic rings. The van der Waals surface area contributed by atoms with E-state index in [0.717, 1.165) is 37.1 Å². The lowest BCUT2D eigenvalue weighted by Crippen LogP contribution is -2.32. The van der Waals surface area contributed by atoms with Crippen molar-refractivity contribution in [3.05, 3.63) is 28.8 Å². The van der Waals surface area contributed by atoms with Crippen LogP contribution in [0.5, 0.6) is 5.75 Å². The smallest absolute Gasteiger partial charge is 0.133 e. The third kappa shape index (κ3) is 2.51. The molecule has 0 aliphatic carbocycles. The van der Waals surface area contributed by atoms with Gasteiger partial charge in [0, 0.05) is 18.0 Å². The first-order valence-electron chi connectivity index (χ1n) is 6.64. The minimum atomic E-state index is -0.938. The van der Waals surface area contributed by atoms with E-state index in [1.807, 2.05) is 26.0 Å². The molecule has 0 saturated carbocycles. The number of aryl methyl sites for hydroxylation is 1. The Morgan fingerprint density at radius 3 is 2.78 bits per heavy atom. The zero-order chi connectivity index (χ0) is 13.1. The highest BCUT2D eigenvalue weighted by atomic mass is 19.1. The van der Waals surface area contributed by atoms with Gasteiger partial charge in [0.1, 0.15) is 11.9 Å². The molecule has 3 heteroatoms. The van der Waals surface area contributed by atoms with Crippen molar-refractivity contribution in [1.82, 2.24) is 5.32 Å². The van der Waals surface area contributed by atoms with Gasteiger partial charge in [-0.15, -0.1) is 0 Å². The molecule has 0 bridgehead atoms. The van der Waals surface area contributed by atoms with Crippen LogP contribution in [0.2, 0.25) is 0 Å². The highest BCUT2D eigenvalue weighted by Crippen LogP contribution is 2.38. The third-order valence-corrected chi connectivity index (χ3v) is 3.96. The van der Waals surface area contributed by atoms with Gasteiger partial charge in [0.2, 0.25) is 0 Å². The predicted molar refractivity (Wildman–Crippen MR) is 71.9 cm³/mol. The molecule has 0 spiro atoms. The maximum Gasteiger partial charge on any atom is 0.133 e. The Bertz CT molecular complexity index is 413. The van der Waals surface area contributed by atoms with Gasteiger partial charge in [-0.1, -0.05) is 12.1 Å². The second-order valence-corrected chi connectivity index (χ2v) is 5.14. The minimum absolute atomic E-state index is 0.0646. The van der Waals surface area contributed by atoms with Crippen LogP contribution in [0.15, 0.2) is 12.1 Å². The van der Waals surface area contributed by atoms with E-state index in [0.29, 0.717) is 11.3 Å². The molecular weight excluding hydrogens is 229 g/mol. The van der Waals surface area contributed by atoms with Crippen LogP contribution >= 0.6 is 0 Å². The molecule has 2 atom stereocenters. The largest absolute Gasteiger partial charge is 0.496 e. The number of halogens is 1. The fourth-order valence-electron chi connectivity index (χ4n) is 2.68. The van der Waals surface area contributed by atoms with E-state index in [9.17, 15) is 4.39 Å². The van der Waals surface area contributed by atoms with Crippen LogP contribution in [0.25, 0.3) is 0 Å². The molecule has 1 aromatic carbocycles. The first-order valence-corrected chi connectivity index (χ1v) is 6.64. The Morgan fingerprint density at radius 1 is 1.39 bits per heavy atom. The maximum absolute atomic E-state index is 14.7. The molecule has 2 unspecified atom stereocenters. The van der Waals surface area contributed by atoms with Crippen molar-refractivity contribution in [1.29, 1.82) is 0 Å². The lowest BCUT2D eigenvalue weighted by Gasteiger charge is -2.27. The summed E-state index contributed by atoms with van der Waals surface area (Å²) in [4.78, 5) is 0. The highest BCUT2D eigenvalue weighted by Gasteiger charge is 2.27. The number of ether oxygens (including phenoxy) is 1. The fourth-order valence-corrected chi connectivity index (χ4v) is 2.68. The normalized spacial score (nSPS) is 21.7. The molecule has 100 valence electrons. The van der Waals surface area contributed by atoms with Crippen LogP contribution in [-0.2, 0) is 0 Å². The Labute approximate surface area is 109 Å². The van der Waals surface area contributed by atoms with Crippen molar-refractivity contribution < 1.29 is 9.13 Å². The molecule has 1 N–H and O–H groups in total. The molecule has 1 saturated heterocycles. The molecule has 1 fully saturated rings. The minimum Gasteiger partial charge on any atom is -0.496 e. The lowest BCUT2D eigenvalue weighted by molar-refractivity contribution is 0.190. The zero-order valence-corrected chi connectivity index (χ0v) is 11.4. The number of nitrogens with one attached hydrogen (secondary N) is 1. The van der Waals surface area contributed by atoms with Crippen LogP contribution in [-0.4, -0.2) is 20.2 Å². The van der Waals surface area contributed by atoms with E-state index in [4.69, 9.17) is 4.74 Å². The van der Waals surface area contributed by atoms with Gasteiger partial charge < -0.3 is 10.1 Å². The number of piperidine rings is 1. The van der Waals surface area contributed by atoms with Gasteiger partial charge in [-0.3, -0.25) is 0 Å². The standard InChI is InChI=1S/C15H22FNO/c1-10-6-7-13(15(18-3)11(10)2)14(16)12-5-4-8-17-9-12/h6-7,12,14,17H,4-5,8-9H2,1-3H3. The first kappa shape index (κ1) is 13.3. The second-order valence-electron chi connectivity index (χ2n) is 5.14. The molecule has 2 rings (SSSR count). The Morgan fingerprint density at radius 2 is 2.17 bits per heavy atom. The summed E-state index contributed by atoms with van der Waals surface area (Å²) in [5, 5.41) is 3.27. The number of rotatable bonds is 3. The SMILES string of the molecule is COc1c(C(F)C2CCCNC2)ccc(C)c1C. The summed E-state index contributed by atoms with van der Waals surface area (Å²) < 4.78 is 20.1. The van der Waals surface area contributed by atoms with Gasteiger partial charge >= 0.3 is 0 Å². The number of methoxy groups -OCH3 is 1. The van der Waals surface area contributed by atoms with Crippen LogP contribution < -0.4 is 10.1 Å². The zero-order valence-electron chi connectivity index (χ0n) is 11.4. The average Bonchev–Trinajstić information content (AvgIpc) is 2.42. The van der Waals surface area contributed by atoms with Crippen molar-refractivity contribution in [3.63, 3.8) is 0 Å². The molecular formula is C15H22FNO. The monoisotopic (exact) mass is 251 g/mol. The Kier molecular flexibility index (Phi) is 4.23. The van der Waals surface area contributed by atoms with E-state index in [1.54, 1.807) is 7.11 Å². The Hall–Kier alpha value is -1.09. The second kappa shape index (κ2) is 5.70. The summed E-state index contributed by atoms with van der Waals surface area (Å²) in [5.74, 6) is 0.780. The summed E-state index contributed by atoms with van der Waals surface area (Å²) in [6.07, 6.45) is 1.06. The molecule has 2 nitrogen and oxygen atoms in total. The van der Waals surface area contributed by atoms with Crippen LogP contribution in [0.3, 0.4) is 0 Å². The first-order chi connectivity index (χ1) is 8.65. The fraction of sp³-hybridized carbons (Fsp3) is 0.600. The van der Waals surface area contributed by atoms with Crippen molar-refractivity contribution >= 4 is 0 Å². The van der Waals surface area contributed by atoms with Gasteiger partial charge in [0.15, 0.2) is 0 Å². The van der Waals surface area contributed by atoms with Crippen LogP contribution in [0.4, 0.5) is 4.39 Å². The van der Waals surface area contributed by atoms with E-state index in [2.05, 4.69) is 5.32 Å². The maximum atomic E-state index is 14.7. The quantitative estimate of drug-likeness (QED) is 0.889. The molecule has 0 aromatic heterocycles. The molecule has 1 aromatic rings. The van der Waals surface area contributed by atoms with Crippen molar-refractivity contribution in [2.45, 2.75) is 32.9 Å². The molecule has 0 amide bonds. The summed E-state index contributed by atoms with van der Waals surface area (Å²) in [6.45, 7) is 5.78. The van der Waals surface area contributed by atoms with Crippen molar-refractivity contribution in [2.24, 2.45) is 5.92 Å². The third-order valence-electron chi connectivity index (χ3n) is 3.96. The Balaban J connectivity index is 2.28. The molecule has 0 radical (unpaired) electrons. The van der Waals surface area contributed by atoms with Crippen molar-refractivity contribution in [2.75, 3.05) is 20.2 Å². The summed E-state index contributed by atoms with van der Waals surface area (Å²) in [5.41, 5.74) is 2.89. The number of benzene rings is 1. The van der Waals surface area contributed by atoms with E-state index >= 15 is 0 Å². The van der Waals surface area contributed by atoms with E-state index in [1.165, 1.54) is 0 Å². The number of alkyl halides is 1. The van der Waals surface area contributed by atoms with Gasteiger partial charge in [0.05, 0.1) is 7.11 Å². The molecule has 1 heterocycles. The predicted octanol–water partition coefficient (Wildman–Crippen LogP) is 3.32. The van der Waals surface area contributed by atoms with E-state index < -0.39 is 6.17 Å². The summed E-state index contributed by atoms with van der Waals surface area (Å²) in [7, 11) is 1.62. The lowest BCUT2D eigenvalue weighted by atomic mass is 9.88.